The van der Waals surface area contributed by atoms with E-state index in [9.17, 15) is 0 Å². The predicted molar refractivity (Wildman–Crippen MR) is 126 cm³/mol. The molecular weight excluding hydrogens is 388 g/mol. The van der Waals surface area contributed by atoms with Crippen LogP contribution in [0.3, 0.4) is 0 Å². The average molecular weight is 415 g/mol. The Morgan fingerprint density at radius 1 is 0.968 bits per heavy atom. The summed E-state index contributed by atoms with van der Waals surface area (Å²) in [5.41, 5.74) is 9.40. The van der Waals surface area contributed by atoms with Gasteiger partial charge in [0.1, 0.15) is 0 Å². The van der Waals surface area contributed by atoms with Crippen LogP contribution in [0.2, 0.25) is 0 Å². The largest absolute Gasteiger partial charge is 0.378 e. The molecule has 3 N–H and O–H groups in total. The second-order valence-electron chi connectivity index (χ2n) is 7.75. The Bertz CT molecular complexity index is 1130. The molecule has 0 bridgehead atoms. The Morgan fingerprint density at radius 2 is 1.71 bits per heavy atom. The summed E-state index contributed by atoms with van der Waals surface area (Å²) in [6.07, 6.45) is -0.427. The van der Waals surface area contributed by atoms with E-state index >= 15 is 0 Å². The molecule has 3 aromatic carbocycles. The first-order valence-electron chi connectivity index (χ1n) is 10.5. The quantitative estimate of drug-likeness (QED) is 0.687. The minimum atomic E-state index is -0.427. The fraction of sp³-hybridized carbons (Fsp3) is 0.250. The lowest BCUT2D eigenvalue weighted by Gasteiger charge is -2.41. The number of morpholine rings is 1. The number of benzene rings is 3. The molecule has 31 heavy (non-hydrogen) atoms. The molecular formula is C24H26N6O. The van der Waals surface area contributed by atoms with Crippen molar-refractivity contribution in [2.75, 3.05) is 36.5 Å². The molecule has 1 atom stereocenters. The number of nitrogens with zero attached hydrogens (tertiary/aromatic N) is 4. The molecule has 0 aromatic heterocycles. The van der Waals surface area contributed by atoms with Crippen LogP contribution in [0.25, 0.3) is 10.8 Å². The second-order valence-corrected chi connectivity index (χ2v) is 7.75. The fourth-order valence-electron chi connectivity index (χ4n) is 4.01. The Kier molecular flexibility index (Phi) is 5.18. The van der Waals surface area contributed by atoms with Crippen molar-refractivity contribution in [1.29, 1.82) is 0 Å². The number of anilines is 2. The number of aliphatic imine (C=N–C) groups is 2. The average Bonchev–Trinajstić information content (AvgIpc) is 2.80. The number of fused-ring (bicyclic) bond motifs is 1. The van der Waals surface area contributed by atoms with Crippen LogP contribution in [0.1, 0.15) is 5.56 Å². The first-order valence-corrected chi connectivity index (χ1v) is 10.5. The standard InChI is InChI=1S/C24H26N6O/c1-17-9-11-19(12-10-17)30-23(26-21-8-4-6-18-5-2-3-7-20(18)21)27-22(25)28-24(30)29-13-15-31-16-14-29/h2-12,23,26H,13-16H2,1H3,(H2,25,27). The van der Waals surface area contributed by atoms with Crippen LogP contribution < -0.4 is 16.0 Å². The highest BCUT2D eigenvalue weighted by atomic mass is 16.5. The molecule has 2 aliphatic heterocycles. The smallest absolute Gasteiger partial charge is 0.222 e. The third-order valence-electron chi connectivity index (χ3n) is 5.61. The molecule has 2 heterocycles. The van der Waals surface area contributed by atoms with E-state index in [2.05, 4.69) is 80.6 Å². The summed E-state index contributed by atoms with van der Waals surface area (Å²) in [7, 11) is 0. The van der Waals surface area contributed by atoms with E-state index in [-0.39, 0.29) is 5.96 Å². The van der Waals surface area contributed by atoms with Gasteiger partial charge >= 0.3 is 0 Å². The van der Waals surface area contributed by atoms with Gasteiger partial charge in [0.05, 0.1) is 13.2 Å². The van der Waals surface area contributed by atoms with Crippen LogP contribution >= 0.6 is 0 Å². The summed E-state index contributed by atoms with van der Waals surface area (Å²) in [5, 5.41) is 5.91. The first kappa shape index (κ1) is 19.4. The molecule has 2 aliphatic rings. The molecule has 0 spiro atoms. The van der Waals surface area contributed by atoms with Gasteiger partial charge in [-0.25, -0.2) is 4.99 Å². The van der Waals surface area contributed by atoms with Crippen molar-refractivity contribution in [1.82, 2.24) is 4.90 Å². The SMILES string of the molecule is Cc1ccc(N2C(N3CCOCC3)=NC(N)=NC2Nc2cccc3ccccc23)cc1. The van der Waals surface area contributed by atoms with Crippen LogP contribution in [0, 0.1) is 6.92 Å². The maximum atomic E-state index is 6.19. The van der Waals surface area contributed by atoms with Crippen molar-refractivity contribution in [3.63, 3.8) is 0 Å². The molecule has 158 valence electrons. The molecule has 7 heteroatoms. The monoisotopic (exact) mass is 414 g/mol. The summed E-state index contributed by atoms with van der Waals surface area (Å²) >= 11 is 0. The van der Waals surface area contributed by atoms with Gasteiger partial charge in [0.15, 0.2) is 0 Å². The molecule has 1 fully saturated rings. The highest BCUT2D eigenvalue weighted by molar-refractivity contribution is 6.06. The number of rotatable bonds is 3. The van der Waals surface area contributed by atoms with Crippen LogP contribution in [-0.4, -0.2) is 49.4 Å². The number of nitrogens with one attached hydrogen (secondary N) is 1. The zero-order valence-corrected chi connectivity index (χ0v) is 17.5. The molecule has 0 amide bonds. The Hall–Kier alpha value is -3.58. The van der Waals surface area contributed by atoms with Gasteiger partial charge in [-0.1, -0.05) is 54.1 Å². The lowest BCUT2D eigenvalue weighted by Crippen LogP contribution is -2.57. The topological polar surface area (TPSA) is 78.5 Å². The van der Waals surface area contributed by atoms with E-state index in [4.69, 9.17) is 10.5 Å². The summed E-state index contributed by atoms with van der Waals surface area (Å²) in [5.74, 6) is 1.06. The number of hydrogen-bond donors (Lipinski definition) is 2. The van der Waals surface area contributed by atoms with E-state index < -0.39 is 6.29 Å². The Balaban J connectivity index is 1.56. The van der Waals surface area contributed by atoms with E-state index in [0.29, 0.717) is 13.2 Å². The van der Waals surface area contributed by atoms with Gasteiger partial charge in [-0.3, -0.25) is 4.90 Å². The molecule has 7 nitrogen and oxygen atoms in total. The summed E-state index contributed by atoms with van der Waals surface area (Å²) < 4.78 is 5.55. The Morgan fingerprint density at radius 3 is 2.52 bits per heavy atom. The molecule has 0 saturated carbocycles. The highest BCUT2D eigenvalue weighted by Crippen LogP contribution is 2.28. The molecule has 3 aromatic rings. The first-order chi connectivity index (χ1) is 15.2. The maximum absolute atomic E-state index is 6.19. The van der Waals surface area contributed by atoms with Crippen molar-refractivity contribution >= 4 is 34.1 Å². The number of hydrogen-bond acceptors (Lipinski definition) is 7. The van der Waals surface area contributed by atoms with E-state index in [1.54, 1.807) is 0 Å². The van der Waals surface area contributed by atoms with Crippen LogP contribution in [-0.2, 0) is 4.74 Å². The minimum Gasteiger partial charge on any atom is -0.378 e. The van der Waals surface area contributed by atoms with Gasteiger partial charge in [-0.2, -0.15) is 4.99 Å². The Labute approximate surface area is 181 Å². The normalized spacial score (nSPS) is 19.2. The van der Waals surface area contributed by atoms with E-state index in [1.807, 2.05) is 18.2 Å². The lowest BCUT2D eigenvalue weighted by molar-refractivity contribution is 0.0671. The fourth-order valence-corrected chi connectivity index (χ4v) is 4.01. The predicted octanol–water partition coefficient (Wildman–Crippen LogP) is 3.37. The van der Waals surface area contributed by atoms with Crippen LogP contribution in [0.4, 0.5) is 11.4 Å². The van der Waals surface area contributed by atoms with Gasteiger partial charge in [0.2, 0.25) is 18.2 Å². The molecule has 1 saturated heterocycles. The van der Waals surface area contributed by atoms with Gasteiger partial charge in [0.25, 0.3) is 0 Å². The van der Waals surface area contributed by atoms with Crippen molar-refractivity contribution in [2.24, 2.45) is 15.7 Å². The summed E-state index contributed by atoms with van der Waals surface area (Å²) in [4.78, 5) is 13.6. The van der Waals surface area contributed by atoms with Crippen LogP contribution in [0.15, 0.2) is 76.7 Å². The number of aryl methyl sites for hydroxylation is 1. The van der Waals surface area contributed by atoms with Crippen LogP contribution in [0.5, 0.6) is 0 Å². The summed E-state index contributed by atoms with van der Waals surface area (Å²) in [6.45, 7) is 4.93. The number of guanidine groups is 2. The third kappa shape index (κ3) is 3.92. The van der Waals surface area contributed by atoms with Crippen molar-refractivity contribution < 1.29 is 4.74 Å². The minimum absolute atomic E-state index is 0.266. The molecule has 5 rings (SSSR count). The zero-order chi connectivity index (χ0) is 21.2. The van der Waals surface area contributed by atoms with Crippen molar-refractivity contribution in [3.05, 3.63) is 72.3 Å². The zero-order valence-electron chi connectivity index (χ0n) is 17.5. The highest BCUT2D eigenvalue weighted by Gasteiger charge is 2.32. The molecule has 0 radical (unpaired) electrons. The number of nitrogens with two attached hydrogens (primary N) is 1. The second kappa shape index (κ2) is 8.28. The van der Waals surface area contributed by atoms with Gasteiger partial charge in [-0.15, -0.1) is 0 Å². The lowest BCUT2D eigenvalue weighted by atomic mass is 10.1. The van der Waals surface area contributed by atoms with Gasteiger partial charge in [-0.05, 0) is 30.5 Å². The van der Waals surface area contributed by atoms with E-state index in [1.165, 1.54) is 10.9 Å². The third-order valence-corrected chi connectivity index (χ3v) is 5.61. The maximum Gasteiger partial charge on any atom is 0.222 e. The van der Waals surface area contributed by atoms with Crippen molar-refractivity contribution in [2.45, 2.75) is 13.2 Å². The molecule has 0 aliphatic carbocycles. The van der Waals surface area contributed by atoms with Gasteiger partial charge < -0.3 is 20.7 Å². The number of ether oxygens (including phenoxy) is 1. The summed E-state index contributed by atoms with van der Waals surface area (Å²) in [6, 6.07) is 22.9. The molecule has 1 unspecified atom stereocenters. The van der Waals surface area contributed by atoms with Gasteiger partial charge in [0, 0.05) is 29.9 Å². The van der Waals surface area contributed by atoms with Crippen molar-refractivity contribution in [3.8, 4) is 0 Å². The van der Waals surface area contributed by atoms with E-state index in [0.717, 1.165) is 35.8 Å².